The highest BCUT2D eigenvalue weighted by molar-refractivity contribution is 7.99. The first kappa shape index (κ1) is 12.7. The molecule has 0 saturated carbocycles. The lowest BCUT2D eigenvalue weighted by Gasteiger charge is -2.26. The molecule has 0 radical (unpaired) electrons. The van der Waals surface area contributed by atoms with Crippen LogP contribution in [0, 0.1) is 0 Å². The predicted octanol–water partition coefficient (Wildman–Crippen LogP) is 0.630. The lowest BCUT2D eigenvalue weighted by molar-refractivity contribution is -0.148. The van der Waals surface area contributed by atoms with Gasteiger partial charge in [-0.2, -0.15) is 11.8 Å². The molecule has 2 aliphatic rings. The van der Waals surface area contributed by atoms with Crippen LogP contribution in [0.25, 0.3) is 0 Å². The molecule has 0 aromatic heterocycles. The van der Waals surface area contributed by atoms with E-state index in [9.17, 15) is 14.7 Å². The molecule has 0 aliphatic carbocycles. The lowest BCUT2D eigenvalue weighted by atomic mass is 9.98. The van der Waals surface area contributed by atoms with E-state index in [4.69, 9.17) is 4.74 Å². The van der Waals surface area contributed by atoms with E-state index in [2.05, 4.69) is 5.32 Å². The monoisotopic (exact) mass is 259 g/mol. The van der Waals surface area contributed by atoms with Crippen molar-refractivity contribution in [2.24, 2.45) is 0 Å². The van der Waals surface area contributed by atoms with E-state index in [1.54, 1.807) is 11.8 Å². The molecular weight excluding hydrogens is 242 g/mol. The van der Waals surface area contributed by atoms with Gasteiger partial charge in [0.15, 0.2) is 0 Å². The van der Waals surface area contributed by atoms with Crippen molar-refractivity contribution < 1.29 is 19.4 Å². The number of thioether (sulfide) groups is 1. The van der Waals surface area contributed by atoms with Crippen molar-refractivity contribution in [2.75, 3.05) is 11.5 Å². The van der Waals surface area contributed by atoms with Crippen LogP contribution in [0.1, 0.15) is 26.2 Å². The van der Waals surface area contributed by atoms with Gasteiger partial charge in [0, 0.05) is 5.75 Å². The highest BCUT2D eigenvalue weighted by Gasteiger charge is 2.45. The second-order valence-electron chi connectivity index (χ2n) is 4.69. The summed E-state index contributed by atoms with van der Waals surface area (Å²) in [5, 5.41) is 11.9. The first-order valence-corrected chi connectivity index (χ1v) is 6.97. The third kappa shape index (κ3) is 2.57. The third-order valence-corrected chi connectivity index (χ3v) is 4.51. The highest BCUT2D eigenvalue weighted by Crippen LogP contribution is 2.29. The Bertz CT molecular complexity index is 327. The number of carboxylic acids is 1. The van der Waals surface area contributed by atoms with Gasteiger partial charge in [-0.15, -0.1) is 0 Å². The summed E-state index contributed by atoms with van der Waals surface area (Å²) in [6.07, 6.45) is 1.63. The zero-order valence-electron chi connectivity index (χ0n) is 9.77. The van der Waals surface area contributed by atoms with Gasteiger partial charge in [0.2, 0.25) is 5.91 Å². The van der Waals surface area contributed by atoms with Crippen molar-refractivity contribution in [2.45, 2.75) is 43.9 Å². The van der Waals surface area contributed by atoms with Crippen LogP contribution in [-0.4, -0.2) is 46.2 Å². The molecule has 0 spiro atoms. The summed E-state index contributed by atoms with van der Waals surface area (Å²) in [6.45, 7) is 1.92. The zero-order valence-corrected chi connectivity index (χ0v) is 10.6. The van der Waals surface area contributed by atoms with Gasteiger partial charge in [-0.1, -0.05) is 0 Å². The number of hydrogen-bond donors (Lipinski definition) is 2. The number of amides is 1. The smallest absolute Gasteiger partial charge is 0.330 e. The normalized spacial score (nSPS) is 37.0. The summed E-state index contributed by atoms with van der Waals surface area (Å²) >= 11 is 1.56. The molecule has 6 heteroatoms. The molecular formula is C11H17NO4S. The molecule has 5 nitrogen and oxygen atoms in total. The molecule has 0 aromatic rings. The Morgan fingerprint density at radius 1 is 1.47 bits per heavy atom. The average molecular weight is 259 g/mol. The van der Waals surface area contributed by atoms with Crippen LogP contribution >= 0.6 is 11.8 Å². The number of carbonyl (C=O) groups is 2. The fourth-order valence-corrected chi connectivity index (χ4v) is 3.52. The number of nitrogens with one attached hydrogen (secondary N) is 1. The van der Waals surface area contributed by atoms with Crippen LogP contribution in [0.3, 0.4) is 0 Å². The molecule has 3 atom stereocenters. The molecule has 17 heavy (non-hydrogen) atoms. The minimum absolute atomic E-state index is 0.0875. The molecule has 2 heterocycles. The van der Waals surface area contributed by atoms with Crippen molar-refractivity contribution in [3.8, 4) is 0 Å². The van der Waals surface area contributed by atoms with Crippen LogP contribution in [0.2, 0.25) is 0 Å². The summed E-state index contributed by atoms with van der Waals surface area (Å²) in [5.74, 6) is -0.00801. The lowest BCUT2D eigenvalue weighted by Crippen LogP contribution is -2.57. The second-order valence-corrected chi connectivity index (χ2v) is 5.80. The number of hydrogen-bond acceptors (Lipinski definition) is 4. The van der Waals surface area contributed by atoms with Gasteiger partial charge in [0.1, 0.15) is 11.6 Å². The molecule has 2 fully saturated rings. The Hall–Kier alpha value is -0.750. The van der Waals surface area contributed by atoms with Crippen LogP contribution in [0.4, 0.5) is 0 Å². The van der Waals surface area contributed by atoms with Crippen LogP contribution in [0.15, 0.2) is 0 Å². The molecule has 0 bridgehead atoms. The van der Waals surface area contributed by atoms with Gasteiger partial charge in [0.25, 0.3) is 0 Å². The van der Waals surface area contributed by atoms with Gasteiger partial charge in [0.05, 0.1) is 6.10 Å². The van der Waals surface area contributed by atoms with Crippen LogP contribution in [0.5, 0.6) is 0 Å². The largest absolute Gasteiger partial charge is 0.479 e. The van der Waals surface area contributed by atoms with Crippen molar-refractivity contribution in [3.05, 3.63) is 0 Å². The third-order valence-electron chi connectivity index (χ3n) is 3.32. The van der Waals surface area contributed by atoms with Crippen molar-refractivity contribution in [1.82, 2.24) is 5.32 Å². The van der Waals surface area contributed by atoms with E-state index in [0.717, 1.165) is 12.2 Å². The standard InChI is InChI=1S/C11H17NO4S/c1-7-2-3-8(16-7)9(13)12-11(10(14)15)4-5-17-6-11/h7-8H,2-6H2,1H3,(H,12,13)(H,14,15)/t7-,8+,11+/m1/s1. The fourth-order valence-electron chi connectivity index (χ4n) is 2.20. The number of carbonyl (C=O) groups excluding carboxylic acids is 1. The maximum atomic E-state index is 11.9. The Balaban J connectivity index is 1.99. The number of aliphatic carboxylic acids is 1. The zero-order chi connectivity index (χ0) is 12.5. The van der Waals surface area contributed by atoms with Crippen molar-refractivity contribution in [1.29, 1.82) is 0 Å². The van der Waals surface area contributed by atoms with Gasteiger partial charge in [-0.3, -0.25) is 4.79 Å². The summed E-state index contributed by atoms with van der Waals surface area (Å²) in [7, 11) is 0. The molecule has 2 rings (SSSR count). The summed E-state index contributed by atoms with van der Waals surface area (Å²) in [6, 6.07) is 0. The van der Waals surface area contributed by atoms with E-state index >= 15 is 0 Å². The van der Waals surface area contributed by atoms with Crippen molar-refractivity contribution >= 4 is 23.6 Å². The molecule has 2 N–H and O–H groups in total. The van der Waals surface area contributed by atoms with Crippen LogP contribution < -0.4 is 5.32 Å². The topological polar surface area (TPSA) is 75.6 Å². The fraction of sp³-hybridized carbons (Fsp3) is 0.818. The SMILES string of the molecule is C[C@@H]1CC[C@@H](C(=O)N[C@@]2(C(=O)O)CCSC2)O1. The number of rotatable bonds is 3. The van der Waals surface area contributed by atoms with E-state index in [-0.39, 0.29) is 12.0 Å². The average Bonchev–Trinajstić information content (AvgIpc) is 2.87. The minimum atomic E-state index is -1.09. The summed E-state index contributed by atoms with van der Waals surface area (Å²) < 4.78 is 5.45. The Kier molecular flexibility index (Phi) is 3.63. The maximum absolute atomic E-state index is 11.9. The van der Waals surface area contributed by atoms with E-state index in [1.165, 1.54) is 0 Å². The first-order valence-electron chi connectivity index (χ1n) is 5.82. The Morgan fingerprint density at radius 2 is 2.24 bits per heavy atom. The Labute approximate surface area is 104 Å². The van der Waals surface area contributed by atoms with Crippen molar-refractivity contribution in [3.63, 3.8) is 0 Å². The molecule has 2 saturated heterocycles. The molecule has 0 aromatic carbocycles. The number of carboxylic acid groups (broad SMARTS) is 1. The van der Waals surface area contributed by atoms with E-state index in [0.29, 0.717) is 18.6 Å². The Morgan fingerprint density at radius 3 is 2.71 bits per heavy atom. The van der Waals surface area contributed by atoms with Gasteiger partial charge in [-0.25, -0.2) is 4.79 Å². The summed E-state index contributed by atoms with van der Waals surface area (Å²) in [4.78, 5) is 23.2. The van der Waals surface area contributed by atoms with E-state index < -0.39 is 17.6 Å². The number of ether oxygens (including phenoxy) is 1. The molecule has 2 aliphatic heterocycles. The predicted molar refractivity (Wildman–Crippen MR) is 64.0 cm³/mol. The van der Waals surface area contributed by atoms with Gasteiger partial charge in [-0.05, 0) is 31.9 Å². The van der Waals surface area contributed by atoms with Gasteiger partial charge >= 0.3 is 5.97 Å². The molecule has 96 valence electrons. The second kappa shape index (κ2) is 4.86. The highest BCUT2D eigenvalue weighted by atomic mass is 32.2. The first-order chi connectivity index (χ1) is 8.03. The quantitative estimate of drug-likeness (QED) is 0.777. The van der Waals surface area contributed by atoms with E-state index in [1.807, 2.05) is 6.92 Å². The van der Waals surface area contributed by atoms with Gasteiger partial charge < -0.3 is 15.2 Å². The summed E-state index contributed by atoms with van der Waals surface area (Å²) in [5.41, 5.74) is -1.09. The molecule has 1 amide bonds. The molecule has 0 unspecified atom stereocenters. The van der Waals surface area contributed by atoms with Crippen LogP contribution in [-0.2, 0) is 14.3 Å². The minimum Gasteiger partial charge on any atom is -0.479 e. The maximum Gasteiger partial charge on any atom is 0.330 e.